The van der Waals surface area contributed by atoms with Crippen LogP contribution < -0.4 is 10.1 Å². The Hall–Kier alpha value is -4.17. The molecule has 0 radical (unpaired) electrons. The van der Waals surface area contributed by atoms with Crippen molar-refractivity contribution in [1.82, 2.24) is 9.47 Å². The number of rotatable bonds is 11. The number of fused-ring (bicyclic) bond motifs is 1. The van der Waals surface area contributed by atoms with Crippen molar-refractivity contribution in [2.75, 3.05) is 32.1 Å². The van der Waals surface area contributed by atoms with E-state index in [0.717, 1.165) is 63.9 Å². The molecule has 1 aromatic heterocycles. The van der Waals surface area contributed by atoms with Crippen LogP contribution in [0.15, 0.2) is 72.8 Å². The molecule has 2 heterocycles. The molecule has 1 saturated heterocycles. The summed E-state index contributed by atoms with van der Waals surface area (Å²) in [7, 11) is 1.74. The third kappa shape index (κ3) is 7.62. The maximum atomic E-state index is 13.3. The highest BCUT2D eigenvalue weighted by Crippen LogP contribution is 2.36. The average Bonchev–Trinajstić information content (AvgIpc) is 3.30. The predicted octanol–water partition coefficient (Wildman–Crippen LogP) is 7.47. The minimum atomic E-state index is -0.643. The fourth-order valence-corrected chi connectivity index (χ4v) is 6.17. The summed E-state index contributed by atoms with van der Waals surface area (Å²) in [5, 5.41) is 3.97. The van der Waals surface area contributed by atoms with Gasteiger partial charge in [0.1, 0.15) is 11.6 Å². The van der Waals surface area contributed by atoms with Crippen molar-refractivity contribution < 1.29 is 23.5 Å². The Morgan fingerprint density at radius 1 is 1.00 bits per heavy atom. The van der Waals surface area contributed by atoms with E-state index in [9.17, 15) is 14.0 Å². The van der Waals surface area contributed by atoms with Gasteiger partial charge in [0.2, 0.25) is 5.91 Å². The molecule has 1 atom stereocenters. The van der Waals surface area contributed by atoms with Gasteiger partial charge >= 0.3 is 6.09 Å². The van der Waals surface area contributed by atoms with E-state index in [2.05, 4.69) is 46.0 Å². The lowest BCUT2D eigenvalue weighted by molar-refractivity contribution is -0.132. The van der Waals surface area contributed by atoms with Crippen LogP contribution in [-0.2, 0) is 22.5 Å². The van der Waals surface area contributed by atoms with Gasteiger partial charge in [0.25, 0.3) is 0 Å². The van der Waals surface area contributed by atoms with Crippen molar-refractivity contribution in [2.45, 2.75) is 57.9 Å². The molecule has 1 fully saturated rings. The van der Waals surface area contributed by atoms with E-state index in [1.807, 2.05) is 24.3 Å². The predicted molar refractivity (Wildman–Crippen MR) is 167 cm³/mol. The number of amides is 2. The Labute approximate surface area is 252 Å². The lowest BCUT2D eigenvalue weighted by atomic mass is 9.91. The second-order valence-electron chi connectivity index (χ2n) is 11.2. The van der Waals surface area contributed by atoms with Crippen molar-refractivity contribution in [3.63, 3.8) is 0 Å². The normalized spacial score (nSPS) is 15.0. The number of likely N-dealkylation sites (tertiary alicyclic amines) is 1. The topological polar surface area (TPSA) is 72.8 Å². The minimum absolute atomic E-state index is 0.214. The van der Waals surface area contributed by atoms with Crippen LogP contribution in [-0.4, -0.2) is 48.3 Å². The number of anilines is 1. The number of carbonyl (C=O) groups is 2. The van der Waals surface area contributed by atoms with Crippen molar-refractivity contribution in [2.24, 2.45) is 0 Å². The number of piperidine rings is 1. The number of nitrogens with zero attached hydrogens (tertiary/aromatic N) is 2. The maximum absolute atomic E-state index is 13.3. The van der Waals surface area contributed by atoms with E-state index < -0.39 is 11.9 Å². The zero-order chi connectivity index (χ0) is 30.2. The lowest BCUT2D eigenvalue weighted by Gasteiger charge is -2.34. The molecule has 0 aliphatic carbocycles. The molecule has 0 saturated carbocycles. The van der Waals surface area contributed by atoms with Gasteiger partial charge in [-0.25, -0.2) is 9.18 Å². The smallest absolute Gasteiger partial charge is 0.410 e. The molecule has 2 amide bonds. The Morgan fingerprint density at radius 2 is 1.77 bits per heavy atom. The molecule has 226 valence electrons. The molecule has 5 rings (SSSR count). The summed E-state index contributed by atoms with van der Waals surface area (Å²) in [6, 6.07) is 21.4. The van der Waals surface area contributed by atoms with E-state index >= 15 is 0 Å². The molecule has 1 aliphatic rings. The number of aromatic nitrogens is 1. The van der Waals surface area contributed by atoms with Crippen molar-refractivity contribution in [1.29, 1.82) is 0 Å². The molecular weight excluding hydrogens is 545 g/mol. The van der Waals surface area contributed by atoms with E-state index in [0.29, 0.717) is 18.0 Å². The van der Waals surface area contributed by atoms with Crippen LogP contribution in [0.5, 0.6) is 5.75 Å². The van der Waals surface area contributed by atoms with Crippen LogP contribution in [0.4, 0.5) is 14.9 Å². The number of halogens is 1. The van der Waals surface area contributed by atoms with E-state index in [-0.39, 0.29) is 11.7 Å². The van der Waals surface area contributed by atoms with Gasteiger partial charge in [-0.15, -0.1) is 0 Å². The van der Waals surface area contributed by atoms with Crippen molar-refractivity contribution >= 4 is 28.6 Å². The van der Waals surface area contributed by atoms with Crippen LogP contribution in [0.25, 0.3) is 10.9 Å². The van der Waals surface area contributed by atoms with Gasteiger partial charge in [-0.2, -0.15) is 0 Å². The first kappa shape index (κ1) is 30.3. The first-order valence-corrected chi connectivity index (χ1v) is 15.1. The number of aryl methyl sites for hydroxylation is 3. The standard InChI is InChI=1S/C35H40FN3O4/c1-25-31-10-3-4-11-32(31)39(22-7-23-42-2)34(25)27-9-6-21-38(24-27)33(40)12-5-8-26-13-17-29(18-14-26)37-35(41)43-30-19-15-28(36)16-20-30/h3-4,10-11,13-20,27H,5-9,12,21-24H2,1-2H3,(H,37,41). The number of nitrogens with one attached hydrogen (secondary N) is 1. The third-order valence-electron chi connectivity index (χ3n) is 8.25. The number of methoxy groups -OCH3 is 1. The van der Waals surface area contributed by atoms with Gasteiger partial charge < -0.3 is 18.9 Å². The zero-order valence-electron chi connectivity index (χ0n) is 25.0. The highest BCUT2D eigenvalue weighted by Gasteiger charge is 2.29. The highest BCUT2D eigenvalue weighted by atomic mass is 19.1. The third-order valence-corrected chi connectivity index (χ3v) is 8.25. The molecule has 0 bridgehead atoms. The second-order valence-corrected chi connectivity index (χ2v) is 11.2. The van der Waals surface area contributed by atoms with Gasteiger partial charge in [0.05, 0.1) is 0 Å². The first-order chi connectivity index (χ1) is 20.9. The molecular formula is C35H40FN3O4. The van der Waals surface area contributed by atoms with E-state index in [1.165, 1.54) is 46.4 Å². The summed E-state index contributed by atoms with van der Waals surface area (Å²) in [6.45, 7) is 5.43. The zero-order valence-corrected chi connectivity index (χ0v) is 25.0. The lowest BCUT2D eigenvalue weighted by Crippen LogP contribution is -2.39. The summed E-state index contributed by atoms with van der Waals surface area (Å²) in [5.74, 6) is 0.405. The van der Waals surface area contributed by atoms with Gasteiger partial charge in [-0.3, -0.25) is 10.1 Å². The monoisotopic (exact) mass is 585 g/mol. The Kier molecular flexibility index (Phi) is 10.1. The maximum Gasteiger partial charge on any atom is 0.417 e. The van der Waals surface area contributed by atoms with Crippen molar-refractivity contribution in [3.8, 4) is 5.75 Å². The SMILES string of the molecule is COCCCn1c(C2CCCN(C(=O)CCCc3ccc(NC(=O)Oc4ccc(F)cc4)cc3)C2)c(C)c2ccccc21. The minimum Gasteiger partial charge on any atom is -0.410 e. The molecule has 1 N–H and O–H groups in total. The first-order valence-electron chi connectivity index (χ1n) is 15.1. The molecule has 1 aliphatic heterocycles. The number of para-hydroxylation sites is 1. The molecule has 7 nitrogen and oxygen atoms in total. The fraction of sp³-hybridized carbons (Fsp3) is 0.371. The second kappa shape index (κ2) is 14.3. The van der Waals surface area contributed by atoms with Crippen molar-refractivity contribution in [3.05, 3.63) is 95.4 Å². The van der Waals surface area contributed by atoms with Gasteiger partial charge in [-0.05, 0) is 92.6 Å². The average molecular weight is 586 g/mol. The Morgan fingerprint density at radius 3 is 2.53 bits per heavy atom. The number of benzene rings is 3. The molecule has 43 heavy (non-hydrogen) atoms. The van der Waals surface area contributed by atoms with Crippen LogP contribution in [0, 0.1) is 12.7 Å². The van der Waals surface area contributed by atoms with Crippen LogP contribution in [0.1, 0.15) is 54.8 Å². The quantitative estimate of drug-likeness (QED) is 0.185. The summed E-state index contributed by atoms with van der Waals surface area (Å²) >= 11 is 0. The molecule has 0 spiro atoms. The van der Waals surface area contributed by atoms with Crippen LogP contribution in [0.2, 0.25) is 0 Å². The number of hydrogen-bond donors (Lipinski definition) is 1. The molecule has 4 aromatic rings. The van der Waals surface area contributed by atoms with Crippen LogP contribution in [0.3, 0.4) is 0 Å². The highest BCUT2D eigenvalue weighted by molar-refractivity contribution is 5.86. The summed E-state index contributed by atoms with van der Waals surface area (Å²) < 4.78 is 26.0. The number of carbonyl (C=O) groups excluding carboxylic acids is 2. The van der Waals surface area contributed by atoms with Gasteiger partial charge in [-0.1, -0.05) is 30.3 Å². The summed E-state index contributed by atoms with van der Waals surface area (Å²) in [4.78, 5) is 27.5. The summed E-state index contributed by atoms with van der Waals surface area (Å²) in [5.41, 5.74) is 5.65. The Bertz CT molecular complexity index is 1530. The molecule has 3 aromatic carbocycles. The van der Waals surface area contributed by atoms with Gasteiger partial charge in [0, 0.05) is 68.0 Å². The van der Waals surface area contributed by atoms with E-state index in [4.69, 9.17) is 9.47 Å². The Balaban J connectivity index is 1.13. The summed E-state index contributed by atoms with van der Waals surface area (Å²) in [6.07, 6.45) is 4.44. The van der Waals surface area contributed by atoms with Crippen LogP contribution >= 0.6 is 0 Å². The number of ether oxygens (including phenoxy) is 2. The largest absolute Gasteiger partial charge is 0.417 e. The number of hydrogen-bond acceptors (Lipinski definition) is 4. The van der Waals surface area contributed by atoms with E-state index in [1.54, 1.807) is 7.11 Å². The molecule has 1 unspecified atom stereocenters. The van der Waals surface area contributed by atoms with Gasteiger partial charge in [0.15, 0.2) is 0 Å². The molecule has 8 heteroatoms. The fourth-order valence-electron chi connectivity index (χ4n) is 6.17.